The molecule has 0 saturated heterocycles. The molecule has 4 rings (SSSR count). The van der Waals surface area contributed by atoms with Crippen LogP contribution in [0.2, 0.25) is 0 Å². The summed E-state index contributed by atoms with van der Waals surface area (Å²) >= 11 is 0. The van der Waals surface area contributed by atoms with Gasteiger partial charge in [0.05, 0.1) is 5.56 Å². The minimum atomic E-state index is 0.565. The highest BCUT2D eigenvalue weighted by Gasteiger charge is 2.21. The predicted molar refractivity (Wildman–Crippen MR) is 86.6 cm³/mol. The molecule has 2 nitrogen and oxygen atoms in total. The summed E-state index contributed by atoms with van der Waals surface area (Å²) in [4.78, 5) is 11.1. The molecule has 0 heterocycles. The Kier molecular flexibility index (Phi) is 3.01. The van der Waals surface area contributed by atoms with Gasteiger partial charge < -0.3 is 4.74 Å². The van der Waals surface area contributed by atoms with Crippen LogP contribution < -0.4 is 4.74 Å². The molecule has 2 heteroatoms. The molecule has 0 saturated carbocycles. The van der Waals surface area contributed by atoms with E-state index in [0.717, 1.165) is 18.5 Å². The molecule has 3 aromatic carbocycles. The molecule has 0 spiro atoms. The Hall–Kier alpha value is -2.87. The number of hydrogen-bond acceptors (Lipinski definition) is 2. The van der Waals surface area contributed by atoms with Crippen molar-refractivity contribution >= 4 is 6.29 Å². The average Bonchev–Trinajstić information content (AvgIpc) is 2.95. The van der Waals surface area contributed by atoms with E-state index in [4.69, 9.17) is 4.74 Å². The van der Waals surface area contributed by atoms with Crippen molar-refractivity contribution in [1.29, 1.82) is 0 Å². The van der Waals surface area contributed by atoms with Gasteiger partial charge in [-0.25, -0.2) is 0 Å². The number of hydrogen-bond donors (Lipinski definition) is 0. The van der Waals surface area contributed by atoms with Crippen molar-refractivity contribution in [3.05, 3.63) is 83.4 Å². The Morgan fingerprint density at radius 2 is 1.50 bits per heavy atom. The summed E-state index contributed by atoms with van der Waals surface area (Å²) in [5, 5.41) is 0. The van der Waals surface area contributed by atoms with Gasteiger partial charge in [0.2, 0.25) is 0 Å². The van der Waals surface area contributed by atoms with Crippen LogP contribution in [0.3, 0.4) is 0 Å². The second-order valence-corrected chi connectivity index (χ2v) is 5.37. The van der Waals surface area contributed by atoms with Crippen molar-refractivity contribution in [3.8, 4) is 22.6 Å². The van der Waals surface area contributed by atoms with Crippen LogP contribution in [0.1, 0.15) is 21.5 Å². The first kappa shape index (κ1) is 12.8. The van der Waals surface area contributed by atoms with E-state index in [2.05, 4.69) is 30.3 Å². The molecule has 1 aliphatic carbocycles. The van der Waals surface area contributed by atoms with Gasteiger partial charge >= 0.3 is 0 Å². The zero-order valence-electron chi connectivity index (χ0n) is 12.0. The van der Waals surface area contributed by atoms with Gasteiger partial charge in [-0.15, -0.1) is 0 Å². The van der Waals surface area contributed by atoms with Crippen LogP contribution in [0, 0.1) is 0 Å². The molecule has 22 heavy (non-hydrogen) atoms. The number of fused-ring (bicyclic) bond motifs is 3. The van der Waals surface area contributed by atoms with Crippen molar-refractivity contribution in [2.45, 2.75) is 6.42 Å². The molecule has 0 amide bonds. The van der Waals surface area contributed by atoms with E-state index in [0.29, 0.717) is 11.3 Å². The number of carbonyl (C=O) groups is 1. The number of ether oxygens (including phenoxy) is 1. The number of para-hydroxylation sites is 1. The lowest BCUT2D eigenvalue weighted by Crippen LogP contribution is -1.93. The first-order valence-electron chi connectivity index (χ1n) is 7.29. The summed E-state index contributed by atoms with van der Waals surface area (Å²) < 4.78 is 6.04. The van der Waals surface area contributed by atoms with Gasteiger partial charge in [-0.2, -0.15) is 0 Å². The average molecular weight is 286 g/mol. The van der Waals surface area contributed by atoms with Gasteiger partial charge in [-0.1, -0.05) is 48.5 Å². The maximum Gasteiger partial charge on any atom is 0.153 e. The van der Waals surface area contributed by atoms with Crippen LogP contribution in [0.4, 0.5) is 0 Å². The molecule has 0 aromatic heterocycles. The lowest BCUT2D eigenvalue weighted by Gasteiger charge is -2.11. The normalized spacial score (nSPS) is 11.6. The SMILES string of the molecule is O=Cc1ccccc1Oc1cccc2c1Cc1ccccc1-2. The van der Waals surface area contributed by atoms with E-state index >= 15 is 0 Å². The van der Waals surface area contributed by atoms with Crippen LogP contribution in [0.15, 0.2) is 66.7 Å². The van der Waals surface area contributed by atoms with Gasteiger partial charge in [0.1, 0.15) is 11.5 Å². The summed E-state index contributed by atoms with van der Waals surface area (Å²) in [6.07, 6.45) is 1.69. The van der Waals surface area contributed by atoms with Crippen molar-refractivity contribution in [3.63, 3.8) is 0 Å². The number of carbonyl (C=O) groups excluding carboxylic acids is 1. The second kappa shape index (κ2) is 5.15. The quantitative estimate of drug-likeness (QED) is 0.503. The summed E-state index contributed by atoms with van der Waals surface area (Å²) in [6.45, 7) is 0. The Morgan fingerprint density at radius 3 is 2.41 bits per heavy atom. The molecular weight excluding hydrogens is 272 g/mol. The van der Waals surface area contributed by atoms with Gasteiger partial charge in [0, 0.05) is 12.0 Å². The number of benzene rings is 3. The van der Waals surface area contributed by atoms with E-state index in [1.807, 2.05) is 30.3 Å². The zero-order chi connectivity index (χ0) is 14.9. The van der Waals surface area contributed by atoms with E-state index in [1.165, 1.54) is 22.3 Å². The second-order valence-electron chi connectivity index (χ2n) is 5.37. The highest BCUT2D eigenvalue weighted by atomic mass is 16.5. The van der Waals surface area contributed by atoms with E-state index in [1.54, 1.807) is 6.07 Å². The molecule has 0 aliphatic heterocycles. The fourth-order valence-electron chi connectivity index (χ4n) is 3.01. The zero-order valence-corrected chi connectivity index (χ0v) is 12.0. The Balaban J connectivity index is 1.78. The third-order valence-corrected chi connectivity index (χ3v) is 4.07. The van der Waals surface area contributed by atoms with Crippen molar-refractivity contribution in [2.24, 2.45) is 0 Å². The molecule has 1 aliphatic rings. The van der Waals surface area contributed by atoms with Gasteiger partial charge in [0.15, 0.2) is 6.29 Å². The van der Waals surface area contributed by atoms with E-state index < -0.39 is 0 Å². The molecule has 0 radical (unpaired) electrons. The summed E-state index contributed by atoms with van der Waals surface area (Å²) in [7, 11) is 0. The standard InChI is InChI=1S/C20H14O2/c21-13-15-7-2-4-10-19(15)22-20-11-5-9-17-16-8-3-1-6-14(16)12-18(17)20/h1-11,13H,12H2. The minimum absolute atomic E-state index is 0.565. The Labute approximate surface area is 129 Å². The third kappa shape index (κ3) is 2.01. The fraction of sp³-hybridized carbons (Fsp3) is 0.0500. The Bertz CT molecular complexity index is 865. The van der Waals surface area contributed by atoms with Gasteiger partial charge in [0.25, 0.3) is 0 Å². The molecule has 0 unspecified atom stereocenters. The first-order valence-corrected chi connectivity index (χ1v) is 7.29. The largest absolute Gasteiger partial charge is 0.456 e. The van der Waals surface area contributed by atoms with Crippen molar-refractivity contribution in [2.75, 3.05) is 0 Å². The number of rotatable bonds is 3. The van der Waals surface area contributed by atoms with Crippen LogP contribution in [-0.4, -0.2) is 6.29 Å². The van der Waals surface area contributed by atoms with Crippen molar-refractivity contribution in [1.82, 2.24) is 0 Å². The monoisotopic (exact) mass is 286 g/mol. The number of aldehydes is 1. The van der Waals surface area contributed by atoms with Crippen LogP contribution in [0.5, 0.6) is 11.5 Å². The summed E-state index contributed by atoms with van der Waals surface area (Å²) in [5.74, 6) is 1.42. The van der Waals surface area contributed by atoms with E-state index in [9.17, 15) is 4.79 Å². The first-order chi connectivity index (χ1) is 10.9. The van der Waals surface area contributed by atoms with Crippen LogP contribution >= 0.6 is 0 Å². The highest BCUT2D eigenvalue weighted by Crippen LogP contribution is 2.42. The molecular formula is C20H14O2. The predicted octanol–water partition coefficient (Wildman–Crippen LogP) is 4.86. The maximum atomic E-state index is 11.1. The summed E-state index contributed by atoms with van der Waals surface area (Å²) in [6, 6.07) is 21.8. The lowest BCUT2D eigenvalue weighted by atomic mass is 10.1. The topological polar surface area (TPSA) is 26.3 Å². The lowest BCUT2D eigenvalue weighted by molar-refractivity contribution is 0.112. The minimum Gasteiger partial charge on any atom is -0.456 e. The fourth-order valence-corrected chi connectivity index (χ4v) is 3.01. The summed E-state index contributed by atoms with van der Waals surface area (Å²) in [5.41, 5.74) is 5.56. The molecule has 106 valence electrons. The third-order valence-electron chi connectivity index (χ3n) is 4.07. The van der Waals surface area contributed by atoms with Crippen molar-refractivity contribution < 1.29 is 9.53 Å². The smallest absolute Gasteiger partial charge is 0.153 e. The van der Waals surface area contributed by atoms with Gasteiger partial charge in [-0.05, 0) is 34.9 Å². The molecule has 0 N–H and O–H groups in total. The Morgan fingerprint density at radius 1 is 0.773 bits per heavy atom. The molecule has 0 bridgehead atoms. The molecule has 3 aromatic rings. The highest BCUT2D eigenvalue weighted by molar-refractivity contribution is 5.81. The van der Waals surface area contributed by atoms with E-state index in [-0.39, 0.29) is 0 Å². The molecule has 0 atom stereocenters. The van der Waals surface area contributed by atoms with Gasteiger partial charge in [-0.3, -0.25) is 4.79 Å². The van der Waals surface area contributed by atoms with Crippen LogP contribution in [-0.2, 0) is 6.42 Å². The van der Waals surface area contributed by atoms with Crippen LogP contribution in [0.25, 0.3) is 11.1 Å². The molecule has 0 fully saturated rings. The maximum absolute atomic E-state index is 11.1.